The molecule has 1 aliphatic heterocycles. The fourth-order valence-electron chi connectivity index (χ4n) is 3.49. The van der Waals surface area contributed by atoms with E-state index in [1.807, 2.05) is 43.5 Å². The number of benzene rings is 1. The Morgan fingerprint density at radius 2 is 1.65 bits per heavy atom. The Balaban J connectivity index is 1.36. The van der Waals surface area contributed by atoms with Crippen molar-refractivity contribution in [1.29, 1.82) is 0 Å². The average molecular weight is 354 g/mol. The van der Waals surface area contributed by atoms with Gasteiger partial charge in [0.2, 0.25) is 0 Å². The zero-order valence-electron chi connectivity index (χ0n) is 15.8. The van der Waals surface area contributed by atoms with Crippen LogP contribution in [0, 0.1) is 6.92 Å². The van der Waals surface area contributed by atoms with Crippen molar-refractivity contribution in [3.8, 4) is 11.4 Å². The standard InChI is InChI=1S/C22H30N2O2/c1-19-8-13-22(25)24(18-19)20-9-11-21(12-10-20)26-17-7-3-2-4-14-23-15-5-6-16-23/h8-13,18H,2-7,14-17H2,1H3. The van der Waals surface area contributed by atoms with Crippen molar-refractivity contribution in [3.05, 3.63) is 58.5 Å². The average Bonchev–Trinajstić information content (AvgIpc) is 3.17. The van der Waals surface area contributed by atoms with E-state index in [0.29, 0.717) is 0 Å². The summed E-state index contributed by atoms with van der Waals surface area (Å²) in [4.78, 5) is 14.5. The van der Waals surface area contributed by atoms with E-state index in [4.69, 9.17) is 4.74 Å². The van der Waals surface area contributed by atoms with Gasteiger partial charge in [-0.15, -0.1) is 0 Å². The van der Waals surface area contributed by atoms with Crippen molar-refractivity contribution in [1.82, 2.24) is 9.47 Å². The largest absolute Gasteiger partial charge is 0.494 e. The quantitative estimate of drug-likeness (QED) is 0.634. The van der Waals surface area contributed by atoms with Crippen molar-refractivity contribution in [2.45, 2.75) is 45.4 Å². The third-order valence-corrected chi connectivity index (χ3v) is 5.01. The number of rotatable bonds is 9. The molecule has 1 fully saturated rings. The van der Waals surface area contributed by atoms with Crippen LogP contribution in [-0.2, 0) is 0 Å². The van der Waals surface area contributed by atoms with Crippen LogP contribution in [0.4, 0.5) is 0 Å². The maximum absolute atomic E-state index is 12.0. The molecule has 0 N–H and O–H groups in total. The maximum Gasteiger partial charge on any atom is 0.255 e. The Bertz CT molecular complexity index is 731. The number of likely N-dealkylation sites (tertiary alicyclic amines) is 1. The third kappa shape index (κ3) is 5.46. The molecule has 1 aliphatic rings. The molecule has 0 radical (unpaired) electrons. The predicted octanol–water partition coefficient (Wildman–Crippen LogP) is 4.18. The highest BCUT2D eigenvalue weighted by Crippen LogP contribution is 2.15. The van der Waals surface area contributed by atoms with Crippen LogP contribution in [0.1, 0.15) is 44.1 Å². The summed E-state index contributed by atoms with van der Waals surface area (Å²) in [5, 5.41) is 0. The minimum atomic E-state index is -0.0156. The zero-order valence-corrected chi connectivity index (χ0v) is 15.8. The molecule has 0 unspecified atom stereocenters. The number of aromatic nitrogens is 1. The highest BCUT2D eigenvalue weighted by Gasteiger charge is 2.09. The predicted molar refractivity (Wildman–Crippen MR) is 106 cm³/mol. The highest BCUT2D eigenvalue weighted by atomic mass is 16.5. The second-order valence-corrected chi connectivity index (χ2v) is 7.22. The lowest BCUT2D eigenvalue weighted by Crippen LogP contribution is -2.20. The highest BCUT2D eigenvalue weighted by molar-refractivity contribution is 5.38. The molecule has 1 aromatic heterocycles. The summed E-state index contributed by atoms with van der Waals surface area (Å²) in [6, 6.07) is 11.2. The summed E-state index contributed by atoms with van der Waals surface area (Å²) in [6.45, 7) is 6.61. The molecule has 4 heteroatoms. The van der Waals surface area contributed by atoms with Crippen molar-refractivity contribution in [2.24, 2.45) is 0 Å². The van der Waals surface area contributed by atoms with Crippen LogP contribution in [0.3, 0.4) is 0 Å². The van der Waals surface area contributed by atoms with Crippen LogP contribution in [0.25, 0.3) is 5.69 Å². The van der Waals surface area contributed by atoms with E-state index in [-0.39, 0.29) is 5.56 Å². The van der Waals surface area contributed by atoms with E-state index in [1.165, 1.54) is 51.7 Å². The van der Waals surface area contributed by atoms with Crippen LogP contribution in [0.5, 0.6) is 5.75 Å². The molecule has 3 rings (SSSR count). The van der Waals surface area contributed by atoms with Gasteiger partial charge in [0.25, 0.3) is 5.56 Å². The lowest BCUT2D eigenvalue weighted by molar-refractivity contribution is 0.297. The van der Waals surface area contributed by atoms with Gasteiger partial charge in [-0.05, 0) is 82.1 Å². The minimum Gasteiger partial charge on any atom is -0.494 e. The van der Waals surface area contributed by atoms with E-state index in [9.17, 15) is 4.79 Å². The van der Waals surface area contributed by atoms with Gasteiger partial charge in [0.1, 0.15) is 5.75 Å². The zero-order chi connectivity index (χ0) is 18.2. The summed E-state index contributed by atoms with van der Waals surface area (Å²) in [7, 11) is 0. The van der Waals surface area contributed by atoms with Gasteiger partial charge in [0, 0.05) is 18.0 Å². The molecule has 2 aromatic rings. The molecule has 0 bridgehead atoms. The monoisotopic (exact) mass is 354 g/mol. The second-order valence-electron chi connectivity index (χ2n) is 7.22. The Morgan fingerprint density at radius 1 is 0.923 bits per heavy atom. The lowest BCUT2D eigenvalue weighted by Gasteiger charge is -2.13. The Kier molecular flexibility index (Phi) is 6.89. The van der Waals surface area contributed by atoms with E-state index < -0.39 is 0 Å². The number of hydrogen-bond donors (Lipinski definition) is 0. The molecule has 0 atom stereocenters. The van der Waals surface area contributed by atoms with E-state index >= 15 is 0 Å². The van der Waals surface area contributed by atoms with Gasteiger partial charge in [0.05, 0.1) is 6.61 Å². The smallest absolute Gasteiger partial charge is 0.255 e. The van der Waals surface area contributed by atoms with Gasteiger partial charge in [-0.3, -0.25) is 9.36 Å². The number of ether oxygens (including phenoxy) is 1. The van der Waals surface area contributed by atoms with Gasteiger partial charge in [-0.25, -0.2) is 0 Å². The number of pyridine rings is 1. The van der Waals surface area contributed by atoms with E-state index in [1.54, 1.807) is 10.6 Å². The molecular formula is C22H30N2O2. The minimum absolute atomic E-state index is 0.0156. The fraction of sp³-hybridized carbons (Fsp3) is 0.500. The first-order chi connectivity index (χ1) is 12.7. The molecule has 0 spiro atoms. The molecule has 1 aromatic carbocycles. The summed E-state index contributed by atoms with van der Waals surface area (Å²) in [5.41, 5.74) is 1.92. The summed E-state index contributed by atoms with van der Waals surface area (Å²) in [5.74, 6) is 0.867. The van der Waals surface area contributed by atoms with Crippen LogP contribution in [0.2, 0.25) is 0 Å². The molecule has 26 heavy (non-hydrogen) atoms. The number of hydrogen-bond acceptors (Lipinski definition) is 3. The van der Waals surface area contributed by atoms with Crippen LogP contribution in [-0.4, -0.2) is 35.7 Å². The van der Waals surface area contributed by atoms with Gasteiger partial charge in [-0.2, -0.15) is 0 Å². The number of nitrogens with zero attached hydrogens (tertiary/aromatic N) is 2. The van der Waals surface area contributed by atoms with Crippen molar-refractivity contribution >= 4 is 0 Å². The van der Waals surface area contributed by atoms with Crippen molar-refractivity contribution in [3.63, 3.8) is 0 Å². The Morgan fingerprint density at radius 3 is 2.42 bits per heavy atom. The molecule has 4 nitrogen and oxygen atoms in total. The van der Waals surface area contributed by atoms with Gasteiger partial charge in [-0.1, -0.05) is 18.9 Å². The molecule has 1 saturated heterocycles. The summed E-state index contributed by atoms with van der Waals surface area (Å²) >= 11 is 0. The number of aryl methyl sites for hydroxylation is 1. The Labute approximate surface area is 156 Å². The normalized spacial score (nSPS) is 14.7. The molecule has 0 saturated carbocycles. The van der Waals surface area contributed by atoms with Crippen LogP contribution >= 0.6 is 0 Å². The summed E-state index contributed by atoms with van der Waals surface area (Å²) < 4.78 is 7.50. The Hall–Kier alpha value is -2.07. The van der Waals surface area contributed by atoms with E-state index in [0.717, 1.165) is 30.0 Å². The number of unbranched alkanes of at least 4 members (excludes halogenated alkanes) is 3. The van der Waals surface area contributed by atoms with Gasteiger partial charge < -0.3 is 9.64 Å². The molecule has 0 amide bonds. The lowest BCUT2D eigenvalue weighted by atomic mass is 10.2. The topological polar surface area (TPSA) is 34.5 Å². The summed E-state index contributed by atoms with van der Waals surface area (Å²) in [6.07, 6.45) is 9.54. The maximum atomic E-state index is 12.0. The molecule has 2 heterocycles. The fourth-order valence-corrected chi connectivity index (χ4v) is 3.49. The first kappa shape index (κ1) is 18.7. The van der Waals surface area contributed by atoms with E-state index in [2.05, 4.69) is 4.90 Å². The second kappa shape index (κ2) is 9.58. The SMILES string of the molecule is Cc1ccc(=O)n(-c2ccc(OCCCCCCN3CCCC3)cc2)c1. The first-order valence-corrected chi connectivity index (χ1v) is 9.87. The molecule has 140 valence electrons. The van der Waals surface area contributed by atoms with Crippen molar-refractivity contribution < 1.29 is 4.74 Å². The first-order valence-electron chi connectivity index (χ1n) is 9.87. The van der Waals surface area contributed by atoms with Crippen LogP contribution < -0.4 is 10.3 Å². The van der Waals surface area contributed by atoms with Gasteiger partial charge >= 0.3 is 0 Å². The third-order valence-electron chi connectivity index (χ3n) is 5.01. The molecule has 0 aliphatic carbocycles. The molecular weight excluding hydrogens is 324 g/mol. The van der Waals surface area contributed by atoms with Gasteiger partial charge in [0.15, 0.2) is 0 Å². The van der Waals surface area contributed by atoms with Crippen LogP contribution in [0.15, 0.2) is 47.4 Å². The van der Waals surface area contributed by atoms with Crippen molar-refractivity contribution in [2.75, 3.05) is 26.2 Å².